The molecule has 1 N–H and O–H groups in total. The molecule has 4 fully saturated rings. The smallest absolute Gasteiger partial charge is 0.178 e. The zero-order valence-corrected chi connectivity index (χ0v) is 24.5. The lowest BCUT2D eigenvalue weighted by atomic mass is 9.46. The molecule has 210 valence electrons. The number of aliphatic hydroxyl groups excluding tert-OH is 1. The third-order valence-corrected chi connectivity index (χ3v) is 12.0. The molecule has 0 aromatic heterocycles. The van der Waals surface area contributed by atoms with Gasteiger partial charge in [-0.1, -0.05) is 55.8 Å². The van der Waals surface area contributed by atoms with Crippen molar-refractivity contribution in [2.45, 2.75) is 81.9 Å². The Kier molecular flexibility index (Phi) is 5.91. The van der Waals surface area contributed by atoms with Gasteiger partial charge in [0.25, 0.3) is 0 Å². The number of fused-ring (bicyclic) bond motifs is 8. The summed E-state index contributed by atoms with van der Waals surface area (Å²) < 4.78 is 13.3. The van der Waals surface area contributed by atoms with Crippen LogP contribution in [-0.4, -0.2) is 46.0 Å². The highest BCUT2D eigenvalue weighted by Gasteiger charge is 2.76. The molecule has 0 spiro atoms. The standard InChI is InChI=1S/C34H38O5S/c1-31(2)38-29-17-26-25-12-10-22-16-23(35)13-14-32(22,3)30(25)27(36)18-33(26,4)34(29,39-31)28(37)19-40-24-11-9-20-7-5-6-8-21(20)15-24/h5-9,11,13-16,25-27,29-30,36H,10,12,17-19H2,1-4H3/t25?,26?,27?,29-,30?,32?,33?,34-/m1/s1. The zero-order chi connectivity index (χ0) is 28.1. The molecule has 4 aliphatic carbocycles. The van der Waals surface area contributed by atoms with Gasteiger partial charge in [-0.3, -0.25) is 9.59 Å². The Morgan fingerprint density at radius 1 is 1.10 bits per heavy atom. The van der Waals surface area contributed by atoms with Crippen LogP contribution in [0.1, 0.15) is 53.4 Å². The van der Waals surface area contributed by atoms with E-state index in [4.69, 9.17) is 9.47 Å². The van der Waals surface area contributed by atoms with Crippen LogP contribution in [0.25, 0.3) is 10.8 Å². The Hall–Kier alpha value is -2.25. The van der Waals surface area contributed by atoms with Crippen molar-refractivity contribution in [2.24, 2.45) is 28.6 Å². The van der Waals surface area contributed by atoms with Crippen LogP contribution < -0.4 is 0 Å². The fourth-order valence-corrected chi connectivity index (χ4v) is 10.3. The van der Waals surface area contributed by atoms with Crippen molar-refractivity contribution in [3.63, 3.8) is 0 Å². The van der Waals surface area contributed by atoms with Gasteiger partial charge in [0.1, 0.15) is 0 Å². The maximum absolute atomic E-state index is 14.5. The maximum atomic E-state index is 14.5. The second kappa shape index (κ2) is 8.87. The van der Waals surface area contributed by atoms with E-state index in [1.54, 1.807) is 23.9 Å². The summed E-state index contributed by atoms with van der Waals surface area (Å²) in [6, 6.07) is 14.6. The predicted molar refractivity (Wildman–Crippen MR) is 156 cm³/mol. The topological polar surface area (TPSA) is 72.8 Å². The molecule has 1 saturated heterocycles. The van der Waals surface area contributed by atoms with Gasteiger partial charge in [-0.15, -0.1) is 11.8 Å². The van der Waals surface area contributed by atoms with Crippen LogP contribution in [0.15, 0.2) is 71.2 Å². The molecule has 2 aromatic rings. The molecular formula is C34H38O5S. The van der Waals surface area contributed by atoms with E-state index in [9.17, 15) is 14.7 Å². The number of ether oxygens (including phenoxy) is 2. The molecule has 6 heteroatoms. The van der Waals surface area contributed by atoms with Crippen LogP contribution in [0.4, 0.5) is 0 Å². The summed E-state index contributed by atoms with van der Waals surface area (Å²) in [5.74, 6) is -0.0908. The minimum Gasteiger partial charge on any atom is -0.393 e. The van der Waals surface area contributed by atoms with E-state index in [1.165, 1.54) is 5.39 Å². The van der Waals surface area contributed by atoms with Gasteiger partial charge in [0.2, 0.25) is 0 Å². The number of hydrogen-bond acceptors (Lipinski definition) is 6. The first kappa shape index (κ1) is 26.6. The van der Waals surface area contributed by atoms with E-state index in [-0.39, 0.29) is 46.6 Å². The average molecular weight is 559 g/mol. The summed E-state index contributed by atoms with van der Waals surface area (Å²) in [4.78, 5) is 27.7. The Labute approximate surface area is 240 Å². The van der Waals surface area contributed by atoms with Crippen molar-refractivity contribution in [3.05, 3.63) is 66.3 Å². The van der Waals surface area contributed by atoms with Crippen molar-refractivity contribution < 1.29 is 24.2 Å². The predicted octanol–water partition coefficient (Wildman–Crippen LogP) is 6.28. The van der Waals surface area contributed by atoms with E-state index < -0.39 is 22.9 Å². The van der Waals surface area contributed by atoms with Crippen molar-refractivity contribution in [3.8, 4) is 0 Å². The molecule has 8 atom stereocenters. The van der Waals surface area contributed by atoms with Crippen LogP contribution in [-0.2, 0) is 19.1 Å². The highest BCUT2D eigenvalue weighted by molar-refractivity contribution is 8.00. The number of allylic oxidation sites excluding steroid dienone is 4. The minimum atomic E-state index is -1.10. The minimum absolute atomic E-state index is 0.000823. The number of thioether (sulfide) groups is 1. The second-order valence-corrected chi connectivity index (χ2v) is 14.6. The molecule has 5 nitrogen and oxygen atoms in total. The number of hydrogen-bond donors (Lipinski definition) is 1. The molecule has 2 aromatic carbocycles. The lowest BCUT2D eigenvalue weighted by Gasteiger charge is -2.60. The molecule has 0 amide bonds. The van der Waals surface area contributed by atoms with Gasteiger partial charge in [0.15, 0.2) is 23.0 Å². The highest BCUT2D eigenvalue weighted by Crippen LogP contribution is 2.70. The van der Waals surface area contributed by atoms with Crippen LogP contribution in [0.5, 0.6) is 0 Å². The molecule has 0 bridgehead atoms. The highest BCUT2D eigenvalue weighted by atomic mass is 32.2. The molecule has 1 heterocycles. The van der Waals surface area contributed by atoms with Gasteiger partial charge in [0, 0.05) is 21.6 Å². The van der Waals surface area contributed by atoms with Gasteiger partial charge in [-0.05, 0) is 86.4 Å². The van der Waals surface area contributed by atoms with Crippen molar-refractivity contribution >= 4 is 34.1 Å². The van der Waals surface area contributed by atoms with Gasteiger partial charge in [0.05, 0.1) is 18.0 Å². The van der Waals surface area contributed by atoms with Crippen LogP contribution >= 0.6 is 11.8 Å². The molecular weight excluding hydrogens is 520 g/mol. The van der Waals surface area contributed by atoms with Crippen molar-refractivity contribution in [1.29, 1.82) is 0 Å². The molecule has 6 unspecified atom stereocenters. The Balaban J connectivity index is 1.22. The van der Waals surface area contributed by atoms with Crippen LogP contribution in [0.3, 0.4) is 0 Å². The number of rotatable bonds is 4. The van der Waals surface area contributed by atoms with E-state index in [1.807, 2.05) is 32.1 Å². The number of aliphatic hydroxyl groups is 1. The van der Waals surface area contributed by atoms with Gasteiger partial charge in [-0.25, -0.2) is 0 Å². The Bertz CT molecular complexity index is 1480. The molecule has 7 rings (SSSR count). The number of carbonyl (C=O) groups is 2. The summed E-state index contributed by atoms with van der Waals surface area (Å²) in [7, 11) is 0. The SMILES string of the molecule is CC1(C)O[C@@H]2CC3C4CCC5=CC(=O)C=CC5(C)C4C(O)CC3(C)[C@]2(C(=O)CSc2ccc3ccccc3c2)O1. The number of carbonyl (C=O) groups excluding carboxylic acids is 2. The maximum Gasteiger partial charge on any atom is 0.178 e. The molecule has 1 aliphatic heterocycles. The summed E-state index contributed by atoms with van der Waals surface area (Å²) in [6.45, 7) is 8.16. The molecule has 40 heavy (non-hydrogen) atoms. The van der Waals surface area contributed by atoms with Crippen LogP contribution in [0, 0.1) is 28.6 Å². The zero-order valence-electron chi connectivity index (χ0n) is 23.7. The normalized spacial score (nSPS) is 41.2. The molecule has 3 saturated carbocycles. The Morgan fingerprint density at radius 3 is 2.67 bits per heavy atom. The van der Waals surface area contributed by atoms with Crippen molar-refractivity contribution in [2.75, 3.05) is 5.75 Å². The van der Waals surface area contributed by atoms with E-state index >= 15 is 0 Å². The second-order valence-electron chi connectivity index (χ2n) is 13.5. The fourth-order valence-electron chi connectivity index (χ4n) is 9.43. The average Bonchev–Trinajstić information content (AvgIpc) is 3.32. The first-order valence-electron chi connectivity index (χ1n) is 14.6. The quantitative estimate of drug-likeness (QED) is 0.446. The summed E-state index contributed by atoms with van der Waals surface area (Å²) in [5.41, 5.74) is -0.877. The molecule has 0 radical (unpaired) electrons. The van der Waals surface area contributed by atoms with E-state index in [0.717, 1.165) is 35.1 Å². The summed E-state index contributed by atoms with van der Waals surface area (Å²) in [5, 5.41) is 14.2. The van der Waals surface area contributed by atoms with Gasteiger partial charge < -0.3 is 14.6 Å². The number of benzene rings is 2. The first-order valence-corrected chi connectivity index (χ1v) is 15.6. The number of ketones is 2. The monoisotopic (exact) mass is 558 g/mol. The largest absolute Gasteiger partial charge is 0.393 e. The lowest BCUT2D eigenvalue weighted by Crippen LogP contribution is -2.63. The van der Waals surface area contributed by atoms with Gasteiger partial charge in [-0.2, -0.15) is 0 Å². The Morgan fingerprint density at radius 2 is 1.88 bits per heavy atom. The van der Waals surface area contributed by atoms with E-state index in [0.29, 0.717) is 6.42 Å². The van der Waals surface area contributed by atoms with Gasteiger partial charge >= 0.3 is 0 Å². The first-order chi connectivity index (χ1) is 19.0. The third kappa shape index (κ3) is 3.65. The van der Waals surface area contributed by atoms with Crippen LogP contribution in [0.2, 0.25) is 0 Å². The molecule has 5 aliphatic rings. The fraction of sp³-hybridized carbons (Fsp3) is 0.529. The summed E-state index contributed by atoms with van der Waals surface area (Å²) >= 11 is 1.55. The van der Waals surface area contributed by atoms with Crippen molar-refractivity contribution in [1.82, 2.24) is 0 Å². The lowest BCUT2D eigenvalue weighted by molar-refractivity contribution is -0.223. The third-order valence-electron chi connectivity index (χ3n) is 11.0. The number of Topliss-reactive ketones (excluding diaryl/α,β-unsaturated/α-hetero) is 1. The van der Waals surface area contributed by atoms with E-state index in [2.05, 4.69) is 44.2 Å². The summed E-state index contributed by atoms with van der Waals surface area (Å²) in [6.07, 6.45) is 7.48.